The molecule has 0 aliphatic heterocycles. The summed E-state index contributed by atoms with van der Waals surface area (Å²) in [5, 5.41) is 13.1. The average Bonchev–Trinajstić information content (AvgIpc) is 2.82. The molecule has 0 saturated heterocycles. The number of rotatable bonds is 4. The Morgan fingerprint density at radius 3 is 2.59 bits per heavy atom. The van der Waals surface area contributed by atoms with Crippen molar-refractivity contribution in [1.82, 2.24) is 9.78 Å². The third-order valence-corrected chi connectivity index (χ3v) is 2.83. The summed E-state index contributed by atoms with van der Waals surface area (Å²) in [7, 11) is 0. The van der Waals surface area contributed by atoms with Crippen LogP contribution in [0.3, 0.4) is 0 Å². The van der Waals surface area contributed by atoms with Gasteiger partial charge in [0.25, 0.3) is 5.88 Å². The average molecular weight is 314 g/mol. The Labute approximate surface area is 123 Å². The van der Waals surface area contributed by atoms with E-state index in [-0.39, 0.29) is 23.2 Å². The van der Waals surface area contributed by atoms with Crippen LogP contribution in [0.15, 0.2) is 30.5 Å². The lowest BCUT2D eigenvalue weighted by molar-refractivity contribution is -0.137. The van der Waals surface area contributed by atoms with Crippen LogP contribution >= 0.6 is 0 Å². The summed E-state index contributed by atoms with van der Waals surface area (Å²) in [4.78, 5) is 11.2. The van der Waals surface area contributed by atoms with Crippen LogP contribution in [0.2, 0.25) is 0 Å². The monoisotopic (exact) mass is 314 g/mol. The Bertz CT molecular complexity index is 693. The van der Waals surface area contributed by atoms with E-state index in [4.69, 9.17) is 9.84 Å². The third kappa shape index (κ3) is 3.38. The van der Waals surface area contributed by atoms with Crippen LogP contribution in [0.25, 0.3) is 0 Å². The molecule has 1 aromatic carbocycles. The van der Waals surface area contributed by atoms with Crippen molar-refractivity contribution in [3.8, 4) is 11.6 Å². The number of carboxylic acids is 1. The summed E-state index contributed by atoms with van der Waals surface area (Å²) in [5.41, 5.74) is -1.10. The van der Waals surface area contributed by atoms with Crippen LogP contribution < -0.4 is 4.74 Å². The van der Waals surface area contributed by atoms with Gasteiger partial charge in [-0.15, -0.1) is 5.10 Å². The van der Waals surface area contributed by atoms with Crippen molar-refractivity contribution >= 4 is 5.97 Å². The maximum atomic E-state index is 12.7. The molecule has 1 heterocycles. The Hall–Kier alpha value is -2.51. The minimum atomic E-state index is -4.51. The first-order chi connectivity index (χ1) is 10.2. The van der Waals surface area contributed by atoms with Gasteiger partial charge >= 0.3 is 12.1 Å². The first-order valence-electron chi connectivity index (χ1n) is 6.36. The minimum Gasteiger partial charge on any atom is -0.477 e. The lowest BCUT2D eigenvalue weighted by atomic mass is 10.2. The largest absolute Gasteiger partial charge is 0.477 e. The maximum Gasteiger partial charge on any atom is 0.416 e. The molecule has 0 radical (unpaired) electrons. The van der Waals surface area contributed by atoms with Crippen LogP contribution in [0, 0.1) is 0 Å². The van der Waals surface area contributed by atoms with Crippen molar-refractivity contribution in [2.24, 2.45) is 0 Å². The number of hydrogen-bond donors (Lipinski definition) is 1. The smallest absolute Gasteiger partial charge is 0.416 e. The van der Waals surface area contributed by atoms with E-state index in [1.165, 1.54) is 23.0 Å². The quantitative estimate of drug-likeness (QED) is 0.927. The zero-order chi connectivity index (χ0) is 16.5. The lowest BCUT2D eigenvalue weighted by Gasteiger charge is -2.09. The zero-order valence-electron chi connectivity index (χ0n) is 11.8. The molecule has 118 valence electrons. The summed E-state index contributed by atoms with van der Waals surface area (Å²) < 4.78 is 44.6. The minimum absolute atomic E-state index is 0.114. The highest BCUT2D eigenvalue weighted by molar-refractivity contribution is 5.90. The van der Waals surface area contributed by atoms with E-state index in [1.54, 1.807) is 13.8 Å². The Kier molecular flexibility index (Phi) is 4.11. The second-order valence-electron chi connectivity index (χ2n) is 4.85. The molecule has 8 heteroatoms. The van der Waals surface area contributed by atoms with Crippen molar-refractivity contribution in [1.29, 1.82) is 0 Å². The molecule has 5 nitrogen and oxygen atoms in total. The van der Waals surface area contributed by atoms with Gasteiger partial charge in [-0.25, -0.2) is 4.79 Å². The molecule has 0 aliphatic carbocycles. The van der Waals surface area contributed by atoms with Gasteiger partial charge in [0.2, 0.25) is 0 Å². The van der Waals surface area contributed by atoms with Gasteiger partial charge in [0.05, 0.1) is 5.56 Å². The number of alkyl halides is 3. The molecule has 0 bridgehead atoms. The fraction of sp³-hybridized carbons (Fsp3) is 0.286. The molecule has 0 spiro atoms. The Morgan fingerprint density at radius 2 is 2.05 bits per heavy atom. The van der Waals surface area contributed by atoms with Gasteiger partial charge in [-0.3, -0.25) is 4.68 Å². The molecule has 1 N–H and O–H groups in total. The predicted octanol–water partition coefficient (Wildman–Crippen LogP) is 3.97. The van der Waals surface area contributed by atoms with Crippen molar-refractivity contribution in [2.75, 3.05) is 0 Å². The van der Waals surface area contributed by atoms with Crippen LogP contribution in [0.4, 0.5) is 13.2 Å². The van der Waals surface area contributed by atoms with Gasteiger partial charge < -0.3 is 9.84 Å². The fourth-order valence-corrected chi connectivity index (χ4v) is 1.71. The van der Waals surface area contributed by atoms with Gasteiger partial charge in [0.15, 0.2) is 0 Å². The molecule has 0 fully saturated rings. The molecule has 0 atom stereocenters. The third-order valence-electron chi connectivity index (χ3n) is 2.83. The molecule has 1 aromatic heterocycles. The highest BCUT2D eigenvalue weighted by Gasteiger charge is 2.31. The van der Waals surface area contributed by atoms with E-state index in [9.17, 15) is 18.0 Å². The summed E-state index contributed by atoms with van der Waals surface area (Å²) in [6.07, 6.45) is -3.23. The first-order valence-corrected chi connectivity index (χ1v) is 6.36. The van der Waals surface area contributed by atoms with Gasteiger partial charge in [-0.05, 0) is 32.0 Å². The van der Waals surface area contributed by atoms with Gasteiger partial charge in [-0.2, -0.15) is 13.2 Å². The van der Waals surface area contributed by atoms with E-state index in [2.05, 4.69) is 5.10 Å². The number of carbonyl (C=O) groups is 1. The highest BCUT2D eigenvalue weighted by atomic mass is 19.4. The summed E-state index contributed by atoms with van der Waals surface area (Å²) in [5.74, 6) is -1.65. The second kappa shape index (κ2) is 5.70. The molecule has 2 rings (SSSR count). The molecule has 0 saturated carbocycles. The summed E-state index contributed by atoms with van der Waals surface area (Å²) in [6, 6.07) is 4.06. The van der Waals surface area contributed by atoms with E-state index in [0.717, 1.165) is 12.1 Å². The molecule has 0 aliphatic rings. The van der Waals surface area contributed by atoms with Crippen LogP contribution in [-0.2, 0) is 6.18 Å². The van der Waals surface area contributed by atoms with Crippen molar-refractivity contribution in [3.63, 3.8) is 0 Å². The molecule has 0 amide bonds. The molecule has 0 unspecified atom stereocenters. The zero-order valence-corrected chi connectivity index (χ0v) is 11.8. The van der Waals surface area contributed by atoms with Crippen LogP contribution in [0.1, 0.15) is 35.8 Å². The van der Waals surface area contributed by atoms with Crippen molar-refractivity contribution < 1.29 is 27.8 Å². The number of ether oxygens (including phenoxy) is 1. The Balaban J connectivity index is 2.36. The lowest BCUT2D eigenvalue weighted by Crippen LogP contribution is -2.05. The number of aromatic carboxylic acids is 1. The van der Waals surface area contributed by atoms with Crippen molar-refractivity contribution in [3.05, 3.63) is 41.6 Å². The molecule has 2 aromatic rings. The predicted molar refractivity (Wildman–Crippen MR) is 71.1 cm³/mol. The van der Waals surface area contributed by atoms with Crippen molar-refractivity contribution in [2.45, 2.75) is 26.1 Å². The highest BCUT2D eigenvalue weighted by Crippen LogP contribution is 2.33. The number of hydrogen-bond acceptors (Lipinski definition) is 3. The SMILES string of the molecule is CC(C)n1cc(C(=O)O)c(Oc2cccc(C(F)(F)F)c2)n1. The van der Waals surface area contributed by atoms with Crippen LogP contribution in [0.5, 0.6) is 11.6 Å². The maximum absolute atomic E-state index is 12.7. The topological polar surface area (TPSA) is 64.4 Å². The normalized spacial score (nSPS) is 11.7. The molecular formula is C14H13F3N2O3. The standard InChI is InChI=1S/C14H13F3N2O3/c1-8(2)19-7-11(13(20)21)12(18-19)22-10-5-3-4-9(6-10)14(15,16)17/h3-8H,1-2H3,(H,20,21). The first kappa shape index (κ1) is 15.9. The number of aromatic nitrogens is 2. The molecule has 22 heavy (non-hydrogen) atoms. The van der Waals surface area contributed by atoms with Crippen LogP contribution in [-0.4, -0.2) is 20.9 Å². The van der Waals surface area contributed by atoms with E-state index < -0.39 is 17.7 Å². The number of carboxylic acid groups (broad SMARTS) is 1. The summed E-state index contributed by atoms with van der Waals surface area (Å²) in [6.45, 7) is 3.57. The van der Waals surface area contributed by atoms with E-state index >= 15 is 0 Å². The van der Waals surface area contributed by atoms with Gasteiger partial charge in [0.1, 0.15) is 11.3 Å². The fourth-order valence-electron chi connectivity index (χ4n) is 1.71. The van der Waals surface area contributed by atoms with E-state index in [0.29, 0.717) is 0 Å². The van der Waals surface area contributed by atoms with Gasteiger partial charge in [-0.1, -0.05) is 6.07 Å². The van der Waals surface area contributed by atoms with E-state index in [1.807, 2.05) is 0 Å². The molecular weight excluding hydrogens is 301 g/mol. The summed E-state index contributed by atoms with van der Waals surface area (Å²) >= 11 is 0. The second-order valence-corrected chi connectivity index (χ2v) is 4.85. The number of nitrogens with zero attached hydrogens (tertiary/aromatic N) is 2. The number of benzene rings is 1. The Morgan fingerprint density at radius 1 is 1.36 bits per heavy atom. The van der Waals surface area contributed by atoms with Gasteiger partial charge in [0, 0.05) is 12.2 Å². The number of halogens is 3.